The van der Waals surface area contributed by atoms with Crippen molar-refractivity contribution in [1.82, 2.24) is 10.6 Å². The lowest BCUT2D eigenvalue weighted by Gasteiger charge is -2.25. The van der Waals surface area contributed by atoms with E-state index in [2.05, 4.69) is 29.7 Å². The minimum absolute atomic E-state index is 0. The van der Waals surface area contributed by atoms with E-state index in [1.807, 2.05) is 0 Å². The molecule has 0 spiro atoms. The van der Waals surface area contributed by atoms with E-state index in [4.69, 9.17) is 9.73 Å². The highest BCUT2D eigenvalue weighted by Gasteiger charge is 2.28. The molecule has 0 bridgehead atoms. The summed E-state index contributed by atoms with van der Waals surface area (Å²) >= 11 is 1.76. The number of nitrogens with zero attached hydrogens (tertiary/aromatic N) is 1. The Kier molecular flexibility index (Phi) is 8.62. The van der Waals surface area contributed by atoms with Crippen LogP contribution in [0.25, 0.3) is 0 Å². The highest BCUT2D eigenvalue weighted by atomic mass is 127. The number of nitrogens with one attached hydrogen (secondary N) is 2. The van der Waals surface area contributed by atoms with Gasteiger partial charge in [0.1, 0.15) is 0 Å². The molecule has 2 aliphatic rings. The van der Waals surface area contributed by atoms with E-state index < -0.39 is 9.84 Å². The molecule has 2 N–H and O–H groups in total. The van der Waals surface area contributed by atoms with Crippen LogP contribution in [0.15, 0.2) is 17.1 Å². The highest BCUT2D eigenvalue weighted by molar-refractivity contribution is 14.0. The molecular formula is C17H28IN3O3S2. The Labute approximate surface area is 177 Å². The van der Waals surface area contributed by atoms with Crippen LogP contribution in [-0.4, -0.2) is 51.7 Å². The first kappa shape index (κ1) is 21.9. The van der Waals surface area contributed by atoms with Gasteiger partial charge in [0.2, 0.25) is 0 Å². The molecule has 6 nitrogen and oxygen atoms in total. The van der Waals surface area contributed by atoms with Gasteiger partial charge in [0.15, 0.2) is 15.8 Å². The minimum atomic E-state index is -2.84. The molecule has 1 unspecified atom stereocenters. The van der Waals surface area contributed by atoms with E-state index in [0.717, 1.165) is 38.4 Å². The SMILES string of the molecule is Cc1ccc(CN=C(NCC2CCS(=O)(=O)C2)NC2CCOCC2)s1.I. The van der Waals surface area contributed by atoms with Crippen molar-refractivity contribution in [2.24, 2.45) is 10.9 Å². The maximum atomic E-state index is 11.6. The molecule has 2 fully saturated rings. The fraction of sp³-hybridized carbons (Fsp3) is 0.706. The monoisotopic (exact) mass is 513 g/mol. The highest BCUT2D eigenvalue weighted by Crippen LogP contribution is 2.18. The van der Waals surface area contributed by atoms with Crippen molar-refractivity contribution in [2.45, 2.75) is 38.8 Å². The predicted molar refractivity (Wildman–Crippen MR) is 117 cm³/mol. The average molecular weight is 513 g/mol. The Hall–Kier alpha value is -0.390. The van der Waals surface area contributed by atoms with Crippen LogP contribution in [0.4, 0.5) is 0 Å². The summed E-state index contributed by atoms with van der Waals surface area (Å²) in [4.78, 5) is 7.23. The van der Waals surface area contributed by atoms with Gasteiger partial charge in [-0.2, -0.15) is 0 Å². The van der Waals surface area contributed by atoms with Gasteiger partial charge >= 0.3 is 0 Å². The molecule has 148 valence electrons. The Morgan fingerprint density at radius 3 is 2.69 bits per heavy atom. The van der Waals surface area contributed by atoms with E-state index in [-0.39, 0.29) is 35.6 Å². The molecule has 2 saturated heterocycles. The molecule has 26 heavy (non-hydrogen) atoms. The van der Waals surface area contributed by atoms with Crippen molar-refractivity contribution < 1.29 is 13.2 Å². The van der Waals surface area contributed by atoms with Crippen LogP contribution in [0.3, 0.4) is 0 Å². The van der Waals surface area contributed by atoms with Gasteiger partial charge in [-0.15, -0.1) is 35.3 Å². The van der Waals surface area contributed by atoms with Crippen molar-refractivity contribution in [3.63, 3.8) is 0 Å². The second-order valence-corrected chi connectivity index (χ2v) is 10.5. The number of ether oxygens (including phenoxy) is 1. The molecular weight excluding hydrogens is 485 g/mol. The Morgan fingerprint density at radius 1 is 1.31 bits per heavy atom. The third-order valence-electron chi connectivity index (χ3n) is 4.64. The lowest BCUT2D eigenvalue weighted by Crippen LogP contribution is -2.47. The molecule has 0 saturated carbocycles. The molecule has 1 aromatic heterocycles. The lowest BCUT2D eigenvalue weighted by atomic mass is 10.1. The van der Waals surface area contributed by atoms with Gasteiger partial charge in [-0.05, 0) is 44.2 Å². The fourth-order valence-corrected chi connectivity index (χ4v) is 5.87. The zero-order chi connectivity index (χ0) is 17.7. The molecule has 0 aromatic carbocycles. The van der Waals surface area contributed by atoms with Crippen molar-refractivity contribution in [3.8, 4) is 0 Å². The van der Waals surface area contributed by atoms with Crippen LogP contribution in [0.5, 0.6) is 0 Å². The van der Waals surface area contributed by atoms with Crippen LogP contribution in [0, 0.1) is 12.8 Å². The molecule has 0 aliphatic carbocycles. The topological polar surface area (TPSA) is 79.8 Å². The van der Waals surface area contributed by atoms with E-state index >= 15 is 0 Å². The zero-order valence-corrected chi connectivity index (χ0v) is 19.0. The molecule has 3 rings (SSSR count). The standard InChI is InChI=1S/C17H27N3O3S2.HI/c1-13-2-3-16(24-13)11-19-17(20-15-4-7-23-8-5-15)18-10-14-6-9-25(21,22)12-14;/h2-3,14-15H,4-12H2,1H3,(H2,18,19,20);1H. The Bertz CT molecular complexity index is 700. The second-order valence-electron chi connectivity index (χ2n) is 6.86. The predicted octanol–water partition coefficient (Wildman–Crippen LogP) is 2.32. The number of rotatable bonds is 5. The van der Waals surface area contributed by atoms with Crippen LogP contribution < -0.4 is 10.6 Å². The van der Waals surface area contributed by atoms with Gasteiger partial charge in [-0.25, -0.2) is 13.4 Å². The summed E-state index contributed by atoms with van der Waals surface area (Å²) in [5, 5.41) is 6.85. The number of hydrogen-bond donors (Lipinski definition) is 2. The van der Waals surface area contributed by atoms with Crippen LogP contribution in [0.1, 0.15) is 29.0 Å². The van der Waals surface area contributed by atoms with Gasteiger partial charge in [-0.1, -0.05) is 0 Å². The number of thiophene rings is 1. The summed E-state index contributed by atoms with van der Waals surface area (Å²) in [6.07, 6.45) is 2.68. The summed E-state index contributed by atoms with van der Waals surface area (Å²) in [5.74, 6) is 1.56. The first-order valence-corrected chi connectivity index (χ1v) is 11.5. The van der Waals surface area contributed by atoms with Gasteiger partial charge in [0.25, 0.3) is 0 Å². The fourth-order valence-electron chi connectivity index (χ4n) is 3.19. The molecule has 2 aliphatic heterocycles. The average Bonchev–Trinajstić information content (AvgIpc) is 3.16. The quantitative estimate of drug-likeness (QED) is 0.359. The third kappa shape index (κ3) is 6.97. The molecule has 3 heterocycles. The minimum Gasteiger partial charge on any atom is -0.381 e. The van der Waals surface area contributed by atoms with Crippen LogP contribution >= 0.6 is 35.3 Å². The molecule has 0 amide bonds. The number of aliphatic imine (C=N–C) groups is 1. The van der Waals surface area contributed by atoms with Crippen molar-refractivity contribution in [3.05, 3.63) is 21.9 Å². The summed E-state index contributed by atoms with van der Waals surface area (Å²) < 4.78 is 28.7. The van der Waals surface area contributed by atoms with Crippen LogP contribution in [0.2, 0.25) is 0 Å². The van der Waals surface area contributed by atoms with E-state index in [9.17, 15) is 8.42 Å². The van der Waals surface area contributed by atoms with Gasteiger partial charge in [0.05, 0.1) is 18.1 Å². The first-order valence-electron chi connectivity index (χ1n) is 8.88. The molecule has 0 radical (unpaired) electrons. The number of hydrogen-bond acceptors (Lipinski definition) is 5. The lowest BCUT2D eigenvalue weighted by molar-refractivity contribution is 0.0822. The summed E-state index contributed by atoms with van der Waals surface area (Å²) in [5.41, 5.74) is 0. The van der Waals surface area contributed by atoms with E-state index in [1.165, 1.54) is 9.75 Å². The summed E-state index contributed by atoms with van der Waals surface area (Å²) in [6, 6.07) is 4.58. The van der Waals surface area contributed by atoms with Crippen molar-refractivity contribution in [1.29, 1.82) is 0 Å². The first-order chi connectivity index (χ1) is 12.0. The van der Waals surface area contributed by atoms with E-state index in [1.54, 1.807) is 11.3 Å². The van der Waals surface area contributed by atoms with Crippen LogP contribution in [-0.2, 0) is 21.1 Å². The summed E-state index contributed by atoms with van der Waals surface area (Å²) in [6.45, 7) is 4.93. The maximum Gasteiger partial charge on any atom is 0.191 e. The summed E-state index contributed by atoms with van der Waals surface area (Å²) in [7, 11) is -2.84. The normalized spacial score (nSPS) is 23.4. The largest absolute Gasteiger partial charge is 0.381 e. The number of halogens is 1. The van der Waals surface area contributed by atoms with Gasteiger partial charge < -0.3 is 15.4 Å². The van der Waals surface area contributed by atoms with Crippen molar-refractivity contribution >= 4 is 51.1 Å². The van der Waals surface area contributed by atoms with Gasteiger partial charge in [0, 0.05) is 35.6 Å². The number of guanidine groups is 1. The molecule has 1 atom stereocenters. The second kappa shape index (κ2) is 10.2. The third-order valence-corrected chi connectivity index (χ3v) is 7.46. The number of aryl methyl sites for hydroxylation is 1. The molecule has 1 aromatic rings. The Balaban J connectivity index is 0.00000243. The van der Waals surface area contributed by atoms with Gasteiger partial charge in [-0.3, -0.25) is 0 Å². The number of sulfone groups is 1. The Morgan fingerprint density at radius 2 is 2.08 bits per heavy atom. The molecule has 9 heteroatoms. The van der Waals surface area contributed by atoms with Crippen molar-refractivity contribution in [2.75, 3.05) is 31.3 Å². The maximum absolute atomic E-state index is 11.6. The smallest absolute Gasteiger partial charge is 0.191 e. The zero-order valence-electron chi connectivity index (χ0n) is 15.1. The van der Waals surface area contributed by atoms with E-state index in [0.29, 0.717) is 24.9 Å².